The third-order valence-electron chi connectivity index (χ3n) is 1.66. The van der Waals surface area contributed by atoms with Gasteiger partial charge in [0, 0.05) is 0 Å². The van der Waals surface area contributed by atoms with Gasteiger partial charge in [0.15, 0.2) is 6.17 Å². The van der Waals surface area contributed by atoms with Gasteiger partial charge in [-0.15, -0.1) is 0 Å². The van der Waals surface area contributed by atoms with Gasteiger partial charge in [0.05, 0.1) is 6.61 Å². The van der Waals surface area contributed by atoms with Crippen LogP contribution in [-0.2, 0) is 0 Å². The van der Waals surface area contributed by atoms with Crippen molar-refractivity contribution in [1.82, 2.24) is 0 Å². The monoisotopic (exact) mass is 170 g/mol. The maximum Gasteiger partial charge on any atom is 0.153 e. The molecule has 0 aliphatic rings. The normalized spacial score (nSPS) is 15.6. The number of aliphatic hydroxyl groups excluding tert-OH is 2. The maximum absolute atomic E-state index is 12.7. The molecule has 0 aromatic heterocycles. The Morgan fingerprint density at radius 2 is 1.83 bits per heavy atom. The minimum Gasteiger partial charge on any atom is -0.393 e. The molecule has 0 radical (unpaired) electrons. The minimum atomic E-state index is -1.60. The molecule has 0 aliphatic heterocycles. The van der Waals surface area contributed by atoms with E-state index in [-0.39, 0.29) is 0 Å². The molecule has 0 aliphatic carbocycles. The fraction of sp³-hybridized carbons (Fsp3) is 0.333. The van der Waals surface area contributed by atoms with Crippen LogP contribution in [0.25, 0.3) is 0 Å². The van der Waals surface area contributed by atoms with Gasteiger partial charge in [0.1, 0.15) is 6.10 Å². The van der Waals surface area contributed by atoms with Crippen molar-refractivity contribution in [2.75, 3.05) is 6.61 Å². The van der Waals surface area contributed by atoms with E-state index in [0.717, 1.165) is 0 Å². The summed E-state index contributed by atoms with van der Waals surface area (Å²) in [5, 5.41) is 17.7. The summed E-state index contributed by atoms with van der Waals surface area (Å²) in [6.45, 7) is -0.657. The molecular formula is C9H11FO2. The lowest BCUT2D eigenvalue weighted by Gasteiger charge is -2.13. The lowest BCUT2D eigenvalue weighted by Crippen LogP contribution is -2.17. The first-order valence-electron chi connectivity index (χ1n) is 3.73. The first-order valence-corrected chi connectivity index (χ1v) is 3.73. The molecule has 2 atom stereocenters. The summed E-state index contributed by atoms with van der Waals surface area (Å²) < 4.78 is 12.7. The highest BCUT2D eigenvalue weighted by Gasteiger charge is 2.18. The number of halogens is 1. The van der Waals surface area contributed by atoms with Crippen LogP contribution in [0.2, 0.25) is 0 Å². The molecule has 2 N–H and O–H groups in total. The average molecular weight is 170 g/mol. The van der Waals surface area contributed by atoms with Gasteiger partial charge < -0.3 is 10.2 Å². The predicted molar refractivity (Wildman–Crippen MR) is 43.4 cm³/mol. The number of aliphatic hydroxyl groups is 2. The summed E-state index contributed by atoms with van der Waals surface area (Å²) >= 11 is 0. The maximum atomic E-state index is 12.7. The summed E-state index contributed by atoms with van der Waals surface area (Å²) in [5.41, 5.74) is 0.485. The van der Waals surface area contributed by atoms with Gasteiger partial charge >= 0.3 is 0 Å². The molecule has 2 nitrogen and oxygen atoms in total. The zero-order valence-corrected chi connectivity index (χ0v) is 6.52. The topological polar surface area (TPSA) is 40.5 Å². The highest BCUT2D eigenvalue weighted by atomic mass is 19.1. The van der Waals surface area contributed by atoms with Gasteiger partial charge in [-0.2, -0.15) is 0 Å². The summed E-state index contributed by atoms with van der Waals surface area (Å²) in [6, 6.07) is 8.44. The van der Waals surface area contributed by atoms with Gasteiger partial charge in [-0.05, 0) is 5.56 Å². The largest absolute Gasteiger partial charge is 0.393 e. The molecule has 0 heterocycles. The summed E-state index contributed by atoms with van der Waals surface area (Å²) in [7, 11) is 0. The Kier molecular flexibility index (Phi) is 3.19. The predicted octanol–water partition coefficient (Wildman–Crippen LogP) is 1.05. The average Bonchev–Trinajstić information content (AvgIpc) is 2.17. The Bertz CT molecular complexity index is 225. The Morgan fingerprint density at radius 3 is 2.33 bits per heavy atom. The molecule has 1 aromatic rings. The Morgan fingerprint density at radius 1 is 1.25 bits per heavy atom. The molecular weight excluding hydrogens is 159 g/mol. The second-order valence-corrected chi connectivity index (χ2v) is 2.55. The molecule has 0 bridgehead atoms. The van der Waals surface area contributed by atoms with Crippen LogP contribution in [0, 0.1) is 0 Å². The summed E-state index contributed by atoms with van der Waals surface area (Å²) in [4.78, 5) is 0. The molecule has 2 unspecified atom stereocenters. The van der Waals surface area contributed by atoms with Gasteiger partial charge in [-0.3, -0.25) is 0 Å². The molecule has 1 rings (SSSR count). The lowest BCUT2D eigenvalue weighted by atomic mass is 10.1. The molecule has 0 fully saturated rings. The Balaban J connectivity index is 2.71. The van der Waals surface area contributed by atoms with E-state index in [0.29, 0.717) is 5.56 Å². The van der Waals surface area contributed by atoms with Crippen LogP contribution in [0.1, 0.15) is 11.7 Å². The quantitative estimate of drug-likeness (QED) is 0.711. The summed E-state index contributed by atoms with van der Waals surface area (Å²) in [5.74, 6) is 0. The molecule has 0 saturated heterocycles. The fourth-order valence-corrected chi connectivity index (χ4v) is 0.959. The van der Waals surface area contributed by atoms with Crippen LogP contribution < -0.4 is 0 Å². The smallest absolute Gasteiger partial charge is 0.153 e. The Labute approximate surface area is 70.3 Å². The number of benzene rings is 1. The van der Waals surface area contributed by atoms with E-state index in [4.69, 9.17) is 5.11 Å². The van der Waals surface area contributed by atoms with E-state index >= 15 is 0 Å². The van der Waals surface area contributed by atoms with Crippen LogP contribution >= 0.6 is 0 Å². The highest BCUT2D eigenvalue weighted by molar-refractivity contribution is 5.18. The standard InChI is InChI=1S/C9H11FO2/c10-8(6-11)9(12)7-4-2-1-3-5-7/h1-5,8-9,11-12H,6H2. The van der Waals surface area contributed by atoms with E-state index in [2.05, 4.69) is 0 Å². The molecule has 1 aromatic carbocycles. The van der Waals surface area contributed by atoms with E-state index in [1.54, 1.807) is 30.3 Å². The van der Waals surface area contributed by atoms with Gasteiger partial charge in [-0.25, -0.2) is 4.39 Å². The van der Waals surface area contributed by atoms with Crippen molar-refractivity contribution < 1.29 is 14.6 Å². The van der Waals surface area contributed by atoms with Crippen LogP contribution in [0.3, 0.4) is 0 Å². The van der Waals surface area contributed by atoms with Crippen LogP contribution in [0.15, 0.2) is 30.3 Å². The van der Waals surface area contributed by atoms with Crippen molar-refractivity contribution in [2.45, 2.75) is 12.3 Å². The third-order valence-corrected chi connectivity index (χ3v) is 1.66. The molecule has 66 valence electrons. The molecule has 0 spiro atoms. The van der Waals surface area contributed by atoms with Crippen LogP contribution in [0.5, 0.6) is 0 Å². The van der Waals surface area contributed by atoms with Crippen molar-refractivity contribution in [3.63, 3.8) is 0 Å². The second kappa shape index (κ2) is 4.18. The van der Waals surface area contributed by atoms with Crippen molar-refractivity contribution in [3.05, 3.63) is 35.9 Å². The number of alkyl halides is 1. The molecule has 3 heteroatoms. The van der Waals surface area contributed by atoms with Gasteiger partial charge in [0.25, 0.3) is 0 Å². The number of rotatable bonds is 3. The first kappa shape index (κ1) is 9.16. The minimum absolute atomic E-state index is 0.485. The SMILES string of the molecule is OCC(F)C(O)c1ccccc1. The zero-order valence-electron chi connectivity index (χ0n) is 6.52. The zero-order chi connectivity index (χ0) is 8.97. The van der Waals surface area contributed by atoms with Crippen LogP contribution in [0.4, 0.5) is 4.39 Å². The molecule has 0 saturated carbocycles. The van der Waals surface area contributed by atoms with Gasteiger partial charge in [-0.1, -0.05) is 30.3 Å². The lowest BCUT2D eigenvalue weighted by molar-refractivity contribution is 0.0394. The van der Waals surface area contributed by atoms with E-state index < -0.39 is 18.9 Å². The van der Waals surface area contributed by atoms with Crippen LogP contribution in [-0.4, -0.2) is 23.0 Å². The highest BCUT2D eigenvalue weighted by Crippen LogP contribution is 2.17. The van der Waals surface area contributed by atoms with Gasteiger partial charge in [0.2, 0.25) is 0 Å². The van der Waals surface area contributed by atoms with Crippen molar-refractivity contribution in [3.8, 4) is 0 Å². The third kappa shape index (κ3) is 2.03. The molecule has 0 amide bonds. The van der Waals surface area contributed by atoms with E-state index in [9.17, 15) is 9.50 Å². The van der Waals surface area contributed by atoms with Crippen molar-refractivity contribution in [2.24, 2.45) is 0 Å². The second-order valence-electron chi connectivity index (χ2n) is 2.55. The van der Waals surface area contributed by atoms with Crippen molar-refractivity contribution in [1.29, 1.82) is 0 Å². The van der Waals surface area contributed by atoms with Crippen molar-refractivity contribution >= 4 is 0 Å². The summed E-state index contributed by atoms with van der Waals surface area (Å²) in [6.07, 6.45) is -2.83. The van der Waals surface area contributed by atoms with E-state index in [1.807, 2.05) is 0 Å². The molecule has 12 heavy (non-hydrogen) atoms. The number of hydrogen-bond donors (Lipinski definition) is 2. The van der Waals surface area contributed by atoms with E-state index in [1.165, 1.54) is 0 Å². The fourth-order valence-electron chi connectivity index (χ4n) is 0.959. The first-order chi connectivity index (χ1) is 5.75. The Hall–Kier alpha value is -0.930. The number of hydrogen-bond acceptors (Lipinski definition) is 2.